The third kappa shape index (κ3) is 18.3. The predicted octanol–water partition coefficient (Wildman–Crippen LogP) is 13.5. The van der Waals surface area contributed by atoms with Crippen molar-refractivity contribution in [1.82, 2.24) is 70.9 Å². The fraction of sp³-hybridized carbons (Fsp3) is 0.429. The van der Waals surface area contributed by atoms with Gasteiger partial charge in [0.25, 0.3) is 30.1 Å². The summed E-state index contributed by atoms with van der Waals surface area (Å²) in [6, 6.07) is 33.9. The van der Waals surface area contributed by atoms with Gasteiger partial charge >= 0.3 is 20.4 Å². The molecular weight excluding hydrogens is 1510 g/mol. The summed E-state index contributed by atoms with van der Waals surface area (Å²) in [4.78, 5) is 22.7. The Labute approximate surface area is 681 Å². The van der Waals surface area contributed by atoms with Crippen molar-refractivity contribution in [3.8, 4) is 33.4 Å². The van der Waals surface area contributed by atoms with E-state index in [0.717, 1.165) is 167 Å². The first-order valence-electron chi connectivity index (χ1n) is 38.2. The summed E-state index contributed by atoms with van der Waals surface area (Å²) in [5.41, 5.74) is 10.00. The summed E-state index contributed by atoms with van der Waals surface area (Å²) in [7, 11) is -5.79. The predicted molar refractivity (Wildman–Crippen MR) is 449 cm³/mol. The zero-order chi connectivity index (χ0) is 76.1. The number of benzene rings is 3. The fourth-order valence-corrected chi connectivity index (χ4v) is 21.2. The molecule has 18 rings (SSSR count). The molecule has 3 saturated heterocycles. The first-order chi connectivity index (χ1) is 53.5. The Balaban J connectivity index is 0.000000164. The van der Waals surface area contributed by atoms with Gasteiger partial charge in [0.05, 0.1) is 72.9 Å². The Hall–Kier alpha value is -8.63. The van der Waals surface area contributed by atoms with Crippen molar-refractivity contribution in [3.63, 3.8) is 0 Å². The van der Waals surface area contributed by atoms with E-state index >= 15 is 0 Å². The third-order valence-electron chi connectivity index (χ3n) is 23.0. The number of hydrogen-bond acceptors (Lipinski definition) is 19. The standard InChI is InChI=1S/3C27H31N5O3S.3CH4.Al.B.HN/c3*1-30-18-22(17-29-30)26-19-32(36(33,34)24-5-3-2-4-6-24)27-25(26)15-21(16-28-27)20-7-9-23(10-8-20)31-11-13-35-14-12-31;;;;;;/h3*2-6,15-20,23H,7-14H2,1H3;3*1H4;;;1H. The number of aromatic nitrogens is 12. The van der Waals surface area contributed by atoms with Gasteiger partial charge < -0.3 is 14.2 Å². The number of pyridine rings is 3. The van der Waals surface area contributed by atoms with E-state index in [0.29, 0.717) is 52.8 Å². The SMILES string of the molecule is C.C.C.Cn1cc(-c2cn(S(=O)(=O)c3ccccc3)c3ncc(C4CCC(N5CCOCC5)CC4)cc23)cn1.Cn1cc(-c2cn(S(=O)(=O)c3ccccc3)c3ncc(C4CCC(N5CCOCC5)CC4)cc23)cn1.Cn1cc(-c2cn(S(=O)(=O)c3ccccc3)c3ncc(C4CCC(N5CCOCC5)CC4)cc23)cn1.[B].[NH]=[Al]. The molecule has 12 heterocycles. The first kappa shape index (κ1) is 86.2. The van der Waals surface area contributed by atoms with Gasteiger partial charge in [0.15, 0.2) is 16.9 Å². The van der Waals surface area contributed by atoms with Crippen molar-refractivity contribution in [2.24, 2.45) is 21.1 Å². The number of ether oxygens (including phenoxy) is 3. The van der Waals surface area contributed by atoms with Crippen LogP contribution >= 0.6 is 0 Å². The van der Waals surface area contributed by atoms with Crippen molar-refractivity contribution >= 4 is 87.7 Å². The zero-order valence-corrected chi connectivity index (χ0v) is 66.6. The van der Waals surface area contributed by atoms with Crippen LogP contribution in [0.3, 0.4) is 0 Å². The minimum atomic E-state index is -3.79. The number of aryl methyl sites for hydroxylation is 3. The molecule has 6 aliphatic rings. The Kier molecular flexibility index (Phi) is 28.7. The summed E-state index contributed by atoms with van der Waals surface area (Å²) in [6.07, 6.45) is 35.4. The Morgan fingerprint density at radius 2 is 0.588 bits per heavy atom. The molecule has 0 atom stereocenters. The van der Waals surface area contributed by atoms with Crippen LogP contribution in [0.2, 0.25) is 0 Å². The van der Waals surface area contributed by atoms with E-state index in [1.54, 1.807) is 140 Å². The van der Waals surface area contributed by atoms with Gasteiger partial charge in [-0.15, -0.1) is 0 Å². The second-order valence-corrected chi connectivity index (χ2v) is 35.0. The van der Waals surface area contributed by atoms with Gasteiger partial charge in [0.1, 0.15) is 0 Å². The quantitative estimate of drug-likeness (QED) is 0.0934. The van der Waals surface area contributed by atoms with Crippen LogP contribution < -0.4 is 0 Å². The maximum absolute atomic E-state index is 13.6. The second kappa shape index (κ2) is 38.0. The number of rotatable bonds is 15. The van der Waals surface area contributed by atoms with Crippen LogP contribution in [-0.2, 0) is 65.4 Å². The molecule has 4 radical (unpaired) electrons. The molecule has 114 heavy (non-hydrogen) atoms. The average molecular weight is 1620 g/mol. The normalized spacial score (nSPS) is 20.6. The van der Waals surface area contributed by atoms with Gasteiger partial charge in [-0.3, -0.25) is 28.7 Å². The van der Waals surface area contributed by atoms with E-state index in [9.17, 15) is 25.3 Å². The minimum absolute atomic E-state index is 0. The fourth-order valence-electron chi connectivity index (χ4n) is 17.1. The van der Waals surface area contributed by atoms with Crippen molar-refractivity contribution < 1.29 is 39.5 Å². The van der Waals surface area contributed by atoms with Gasteiger partial charge in [-0.1, -0.05) is 76.9 Å². The molecule has 0 amide bonds. The van der Waals surface area contributed by atoms with E-state index < -0.39 is 30.1 Å². The van der Waals surface area contributed by atoms with Crippen LogP contribution in [0.5, 0.6) is 0 Å². The van der Waals surface area contributed by atoms with E-state index in [1.807, 2.05) is 76.5 Å². The average Bonchev–Trinajstić information content (AvgIpc) is 1.60. The summed E-state index contributed by atoms with van der Waals surface area (Å²) in [6.45, 7) is 11.2. The molecule has 9 aromatic heterocycles. The number of hydrogen-bond donors (Lipinski definition) is 1. The third-order valence-corrected chi connectivity index (χ3v) is 28.0. The van der Waals surface area contributed by atoms with Crippen LogP contribution in [0.4, 0.5) is 0 Å². The molecule has 30 heteroatoms. The summed E-state index contributed by atoms with van der Waals surface area (Å²) in [5.74, 6) is 1.28. The van der Waals surface area contributed by atoms with Crippen LogP contribution in [0.25, 0.3) is 66.5 Å². The molecule has 600 valence electrons. The molecule has 1 N–H and O–H groups in total. The number of fused-ring (bicyclic) bond motifs is 3. The van der Waals surface area contributed by atoms with Crippen molar-refractivity contribution in [3.05, 3.63) is 200 Å². The van der Waals surface area contributed by atoms with Gasteiger partial charge in [-0.25, -0.2) is 52.1 Å². The number of nitrogens with zero attached hydrogens (tertiary/aromatic N) is 15. The summed E-state index contributed by atoms with van der Waals surface area (Å²) < 4.78 is 113. The van der Waals surface area contributed by atoms with Crippen molar-refractivity contribution in [1.29, 1.82) is 4.35 Å². The Bertz CT molecular complexity index is 4970. The van der Waals surface area contributed by atoms with Crippen LogP contribution in [-0.4, -0.2) is 218 Å². The van der Waals surface area contributed by atoms with Crippen LogP contribution in [0.1, 0.15) is 134 Å². The van der Waals surface area contributed by atoms with Gasteiger partial charge in [0.2, 0.25) is 0 Å². The molecule has 12 aromatic rings. The summed E-state index contributed by atoms with van der Waals surface area (Å²) >= 11 is 1.67. The monoisotopic (exact) mass is 1620 g/mol. The van der Waals surface area contributed by atoms with Crippen molar-refractivity contribution in [2.45, 2.75) is 150 Å². The van der Waals surface area contributed by atoms with Crippen LogP contribution in [0, 0.1) is 4.35 Å². The van der Waals surface area contributed by atoms with Crippen LogP contribution in [0.15, 0.2) is 198 Å². The zero-order valence-electron chi connectivity index (χ0n) is 63.0. The molecule has 0 unspecified atom stereocenters. The summed E-state index contributed by atoms with van der Waals surface area (Å²) in [5, 5.41) is 15.5. The molecule has 6 fully saturated rings. The second-order valence-electron chi connectivity index (χ2n) is 29.6. The molecule has 3 aliphatic carbocycles. The first-order valence-corrected chi connectivity index (χ1v) is 43.1. The molecule has 0 spiro atoms. The van der Waals surface area contributed by atoms with Gasteiger partial charge in [-0.2, -0.15) is 15.3 Å². The van der Waals surface area contributed by atoms with Crippen molar-refractivity contribution in [2.75, 3.05) is 78.9 Å². The van der Waals surface area contributed by atoms with E-state index in [4.69, 9.17) is 33.5 Å². The van der Waals surface area contributed by atoms with Gasteiger partial charge in [0, 0.05) is 192 Å². The molecule has 3 aliphatic heterocycles. The molecular formula is C84H106AlBN16O9S3. The molecule has 3 saturated carbocycles. The molecule has 25 nitrogen and oxygen atoms in total. The molecule has 3 aromatic carbocycles. The maximum atomic E-state index is 13.6. The number of morpholine rings is 3. The Morgan fingerprint density at radius 1 is 0.351 bits per heavy atom. The van der Waals surface area contributed by atoms with Gasteiger partial charge in [-0.05, 0) is 166 Å². The topological polar surface area (TPSA) is 271 Å². The van der Waals surface area contributed by atoms with E-state index in [-0.39, 0.29) is 45.4 Å². The van der Waals surface area contributed by atoms with E-state index in [1.165, 1.54) is 67.1 Å². The number of nitrogens with one attached hydrogen (secondary N) is 1. The van der Waals surface area contributed by atoms with E-state index in [2.05, 4.69) is 48.2 Å². The molecule has 0 bridgehead atoms. The Morgan fingerprint density at radius 3 is 0.807 bits per heavy atom.